The van der Waals surface area contributed by atoms with Crippen molar-refractivity contribution in [3.63, 3.8) is 0 Å². The van der Waals surface area contributed by atoms with Crippen LogP contribution in [0.2, 0.25) is 0 Å². The maximum atomic E-state index is 10.4. The van der Waals surface area contributed by atoms with Crippen molar-refractivity contribution in [2.24, 2.45) is 5.92 Å². The second-order valence-electron chi connectivity index (χ2n) is 7.29. The van der Waals surface area contributed by atoms with Gasteiger partial charge in [0.1, 0.15) is 5.76 Å². The second kappa shape index (κ2) is 8.29. The summed E-state index contributed by atoms with van der Waals surface area (Å²) in [5, 5.41) is 10.4. The van der Waals surface area contributed by atoms with E-state index in [-0.39, 0.29) is 6.10 Å². The molecule has 3 heterocycles. The van der Waals surface area contributed by atoms with Gasteiger partial charge in [-0.3, -0.25) is 9.80 Å². The molecule has 0 saturated carbocycles. The van der Waals surface area contributed by atoms with Gasteiger partial charge in [-0.1, -0.05) is 6.92 Å². The van der Waals surface area contributed by atoms with Crippen LogP contribution < -0.4 is 0 Å². The molecule has 1 atom stereocenters. The Bertz CT molecular complexity index is 435. The quantitative estimate of drug-likeness (QED) is 0.860. The lowest BCUT2D eigenvalue weighted by Crippen LogP contribution is -2.50. The van der Waals surface area contributed by atoms with Gasteiger partial charge in [-0.25, -0.2) is 0 Å². The van der Waals surface area contributed by atoms with Gasteiger partial charge in [-0.2, -0.15) is 0 Å². The molecule has 2 saturated heterocycles. The highest BCUT2D eigenvalue weighted by atomic mass is 16.3. The summed E-state index contributed by atoms with van der Waals surface area (Å²) in [6.45, 7) is 11.3. The predicted molar refractivity (Wildman–Crippen MR) is 91.3 cm³/mol. The van der Waals surface area contributed by atoms with Crippen LogP contribution in [0.15, 0.2) is 22.8 Å². The minimum absolute atomic E-state index is 0.222. The molecule has 0 amide bonds. The number of furan rings is 1. The topological polar surface area (TPSA) is 43.1 Å². The minimum Gasteiger partial charge on any atom is -0.468 e. The molecule has 5 heteroatoms. The van der Waals surface area contributed by atoms with Gasteiger partial charge in [0, 0.05) is 39.3 Å². The molecule has 0 radical (unpaired) electrons. The fourth-order valence-corrected chi connectivity index (χ4v) is 3.65. The number of hydrogen-bond donors (Lipinski definition) is 1. The Hall–Kier alpha value is -0.880. The highest BCUT2D eigenvalue weighted by Gasteiger charge is 2.22. The first-order valence-corrected chi connectivity index (χ1v) is 9.06. The normalized spacial score (nSPS) is 24.1. The van der Waals surface area contributed by atoms with E-state index < -0.39 is 0 Å². The van der Waals surface area contributed by atoms with E-state index in [9.17, 15) is 5.11 Å². The fraction of sp³-hybridized carbons (Fsp3) is 0.778. The summed E-state index contributed by atoms with van der Waals surface area (Å²) in [7, 11) is 0. The Kier molecular flexibility index (Phi) is 6.11. The lowest BCUT2D eigenvalue weighted by atomic mass is 9.99. The van der Waals surface area contributed by atoms with Gasteiger partial charge in [0.25, 0.3) is 0 Å². The number of aliphatic hydroxyl groups excluding tert-OH is 1. The molecule has 2 fully saturated rings. The summed E-state index contributed by atoms with van der Waals surface area (Å²) in [5.74, 6) is 1.89. The first kappa shape index (κ1) is 17.0. The Morgan fingerprint density at radius 1 is 1.04 bits per heavy atom. The number of likely N-dealkylation sites (tertiary alicyclic amines) is 1. The molecule has 0 spiro atoms. The molecule has 0 bridgehead atoms. The number of hydrogen-bond acceptors (Lipinski definition) is 5. The van der Waals surface area contributed by atoms with Crippen LogP contribution >= 0.6 is 0 Å². The molecule has 2 aliphatic rings. The van der Waals surface area contributed by atoms with Gasteiger partial charge >= 0.3 is 0 Å². The molecule has 23 heavy (non-hydrogen) atoms. The van der Waals surface area contributed by atoms with E-state index in [4.69, 9.17) is 4.42 Å². The molecule has 1 aromatic rings. The van der Waals surface area contributed by atoms with E-state index in [0.717, 1.165) is 70.6 Å². The third kappa shape index (κ3) is 5.31. The first-order valence-electron chi connectivity index (χ1n) is 9.06. The molecule has 1 N–H and O–H groups in total. The van der Waals surface area contributed by atoms with Crippen LogP contribution in [0, 0.1) is 5.92 Å². The van der Waals surface area contributed by atoms with Crippen LogP contribution in [0.25, 0.3) is 0 Å². The maximum Gasteiger partial charge on any atom is 0.117 e. The molecule has 5 nitrogen and oxygen atoms in total. The fourth-order valence-electron chi connectivity index (χ4n) is 3.65. The van der Waals surface area contributed by atoms with Crippen LogP contribution in [0.4, 0.5) is 0 Å². The molecule has 0 aromatic carbocycles. The van der Waals surface area contributed by atoms with Gasteiger partial charge in [0.15, 0.2) is 0 Å². The van der Waals surface area contributed by atoms with Crippen LogP contribution in [0.5, 0.6) is 0 Å². The summed E-state index contributed by atoms with van der Waals surface area (Å²) >= 11 is 0. The zero-order valence-electron chi connectivity index (χ0n) is 14.4. The van der Waals surface area contributed by atoms with E-state index in [1.54, 1.807) is 6.26 Å². The Morgan fingerprint density at radius 2 is 1.65 bits per heavy atom. The average molecular weight is 321 g/mol. The van der Waals surface area contributed by atoms with Crippen molar-refractivity contribution in [2.75, 3.05) is 52.4 Å². The van der Waals surface area contributed by atoms with Crippen molar-refractivity contribution in [3.8, 4) is 0 Å². The van der Waals surface area contributed by atoms with Crippen molar-refractivity contribution in [3.05, 3.63) is 24.2 Å². The summed E-state index contributed by atoms with van der Waals surface area (Å²) in [6, 6.07) is 3.99. The number of aliphatic hydroxyl groups is 1. The Morgan fingerprint density at radius 3 is 2.26 bits per heavy atom. The number of piperidine rings is 1. The third-order valence-electron chi connectivity index (χ3n) is 5.24. The lowest BCUT2D eigenvalue weighted by molar-refractivity contribution is 0.0404. The molecule has 3 rings (SSSR count). The maximum absolute atomic E-state index is 10.4. The smallest absolute Gasteiger partial charge is 0.117 e. The lowest BCUT2D eigenvalue weighted by Gasteiger charge is -2.37. The van der Waals surface area contributed by atoms with E-state index in [1.807, 2.05) is 12.1 Å². The SMILES string of the molecule is CC1CCN(CC(O)CN2CCN(Cc3ccco3)CC2)CC1. The van der Waals surface area contributed by atoms with E-state index in [1.165, 1.54) is 12.8 Å². The van der Waals surface area contributed by atoms with Gasteiger partial charge in [0.2, 0.25) is 0 Å². The minimum atomic E-state index is -0.222. The molecular formula is C18H31N3O2. The highest BCUT2D eigenvalue weighted by Crippen LogP contribution is 2.16. The zero-order chi connectivity index (χ0) is 16.1. The molecule has 1 aromatic heterocycles. The first-order chi connectivity index (χ1) is 11.2. The van der Waals surface area contributed by atoms with Crippen molar-refractivity contribution in [1.82, 2.24) is 14.7 Å². The van der Waals surface area contributed by atoms with E-state index in [2.05, 4.69) is 21.6 Å². The van der Waals surface area contributed by atoms with Gasteiger partial charge in [-0.05, 0) is 44.0 Å². The predicted octanol–water partition coefficient (Wildman–Crippen LogP) is 1.49. The van der Waals surface area contributed by atoms with Crippen molar-refractivity contribution < 1.29 is 9.52 Å². The number of rotatable bonds is 6. The monoisotopic (exact) mass is 321 g/mol. The zero-order valence-corrected chi connectivity index (χ0v) is 14.4. The summed E-state index contributed by atoms with van der Waals surface area (Å²) in [4.78, 5) is 7.25. The number of nitrogens with zero attached hydrogens (tertiary/aromatic N) is 3. The Balaban J connectivity index is 1.33. The van der Waals surface area contributed by atoms with E-state index in [0.29, 0.717) is 0 Å². The van der Waals surface area contributed by atoms with Gasteiger partial charge in [0.05, 0.1) is 18.9 Å². The highest BCUT2D eigenvalue weighted by molar-refractivity contribution is 4.98. The largest absolute Gasteiger partial charge is 0.468 e. The molecular weight excluding hydrogens is 290 g/mol. The van der Waals surface area contributed by atoms with E-state index >= 15 is 0 Å². The summed E-state index contributed by atoms with van der Waals surface area (Å²) < 4.78 is 5.42. The third-order valence-corrected chi connectivity index (χ3v) is 5.24. The van der Waals surface area contributed by atoms with Gasteiger partial charge < -0.3 is 14.4 Å². The Labute approximate surface area is 139 Å². The number of β-amino-alcohol motifs (C(OH)–C–C–N with tert-alkyl or cyclic N) is 1. The van der Waals surface area contributed by atoms with Gasteiger partial charge in [-0.15, -0.1) is 0 Å². The van der Waals surface area contributed by atoms with Crippen LogP contribution in [-0.4, -0.2) is 78.3 Å². The summed E-state index contributed by atoms with van der Waals surface area (Å²) in [6.07, 6.45) is 4.07. The van der Waals surface area contributed by atoms with Crippen molar-refractivity contribution in [1.29, 1.82) is 0 Å². The van der Waals surface area contributed by atoms with Crippen LogP contribution in [0.3, 0.4) is 0 Å². The molecule has 0 aliphatic carbocycles. The van der Waals surface area contributed by atoms with Crippen LogP contribution in [-0.2, 0) is 6.54 Å². The summed E-state index contributed by atoms with van der Waals surface area (Å²) in [5.41, 5.74) is 0. The average Bonchev–Trinajstić information content (AvgIpc) is 3.04. The van der Waals surface area contributed by atoms with Crippen LogP contribution in [0.1, 0.15) is 25.5 Å². The second-order valence-corrected chi connectivity index (χ2v) is 7.29. The standard InChI is InChI=1S/C18H31N3O2/c1-16-4-6-19(7-5-16)13-17(22)14-20-8-10-21(11-9-20)15-18-3-2-12-23-18/h2-3,12,16-17,22H,4-11,13-15H2,1H3. The molecule has 2 aliphatic heterocycles. The molecule has 130 valence electrons. The molecule has 1 unspecified atom stereocenters. The van der Waals surface area contributed by atoms with Crippen molar-refractivity contribution >= 4 is 0 Å². The number of piperazine rings is 1. The van der Waals surface area contributed by atoms with Crippen molar-refractivity contribution in [2.45, 2.75) is 32.4 Å².